The molecule has 1 aliphatic heterocycles. The molecule has 1 aromatic rings. The number of anilines is 1. The van der Waals surface area contributed by atoms with Gasteiger partial charge in [-0.25, -0.2) is 8.42 Å². The normalized spacial score (nSPS) is 17.0. The SMILES string of the molecule is CCCCCNC(=O)c1ccc(C)c(N2CCCCS2(=O)=O)c1. The lowest BCUT2D eigenvalue weighted by molar-refractivity contribution is 0.0953. The Hall–Kier alpha value is -1.56. The fraction of sp³-hybridized carbons (Fsp3) is 0.588. The van der Waals surface area contributed by atoms with E-state index < -0.39 is 10.0 Å². The van der Waals surface area contributed by atoms with E-state index in [4.69, 9.17) is 0 Å². The monoisotopic (exact) mass is 338 g/mol. The Morgan fingerprint density at radius 3 is 2.74 bits per heavy atom. The predicted octanol–water partition coefficient (Wildman–Crippen LogP) is 2.85. The van der Waals surface area contributed by atoms with E-state index in [9.17, 15) is 13.2 Å². The van der Waals surface area contributed by atoms with E-state index in [-0.39, 0.29) is 11.7 Å². The Balaban J connectivity index is 2.17. The van der Waals surface area contributed by atoms with Crippen molar-refractivity contribution in [2.45, 2.75) is 46.0 Å². The van der Waals surface area contributed by atoms with Crippen molar-refractivity contribution in [3.05, 3.63) is 29.3 Å². The van der Waals surface area contributed by atoms with Crippen LogP contribution in [-0.4, -0.2) is 33.2 Å². The molecule has 1 amide bonds. The van der Waals surface area contributed by atoms with Crippen molar-refractivity contribution >= 4 is 21.6 Å². The first-order valence-corrected chi connectivity index (χ1v) is 9.96. The van der Waals surface area contributed by atoms with Gasteiger partial charge in [-0.05, 0) is 43.9 Å². The summed E-state index contributed by atoms with van der Waals surface area (Å²) < 4.78 is 26.0. The van der Waals surface area contributed by atoms with Crippen LogP contribution < -0.4 is 9.62 Å². The van der Waals surface area contributed by atoms with Gasteiger partial charge in [0.25, 0.3) is 5.91 Å². The first-order valence-electron chi connectivity index (χ1n) is 8.35. The summed E-state index contributed by atoms with van der Waals surface area (Å²) in [6, 6.07) is 5.28. The van der Waals surface area contributed by atoms with Gasteiger partial charge in [0.1, 0.15) is 0 Å². The maximum Gasteiger partial charge on any atom is 0.251 e. The van der Waals surface area contributed by atoms with Crippen LogP contribution >= 0.6 is 0 Å². The molecule has 0 bridgehead atoms. The van der Waals surface area contributed by atoms with Gasteiger partial charge < -0.3 is 5.32 Å². The number of benzene rings is 1. The van der Waals surface area contributed by atoms with E-state index in [1.54, 1.807) is 12.1 Å². The highest BCUT2D eigenvalue weighted by Crippen LogP contribution is 2.27. The molecule has 1 fully saturated rings. The number of carbonyl (C=O) groups is 1. The van der Waals surface area contributed by atoms with Crippen LogP contribution in [-0.2, 0) is 10.0 Å². The number of amides is 1. The van der Waals surface area contributed by atoms with Gasteiger partial charge in [0, 0.05) is 18.7 Å². The third-order valence-electron chi connectivity index (χ3n) is 4.16. The van der Waals surface area contributed by atoms with Gasteiger partial charge in [0.15, 0.2) is 0 Å². The molecule has 1 saturated heterocycles. The molecule has 0 saturated carbocycles. The van der Waals surface area contributed by atoms with Crippen LogP contribution in [0, 0.1) is 6.92 Å². The minimum Gasteiger partial charge on any atom is -0.352 e. The molecule has 1 heterocycles. The molecule has 0 atom stereocenters. The molecule has 2 rings (SSSR count). The molecule has 1 aliphatic rings. The van der Waals surface area contributed by atoms with Crippen molar-refractivity contribution in [3.63, 3.8) is 0 Å². The van der Waals surface area contributed by atoms with Crippen molar-refractivity contribution in [2.75, 3.05) is 23.1 Å². The fourth-order valence-corrected chi connectivity index (χ4v) is 4.45. The maximum atomic E-state index is 12.3. The Morgan fingerprint density at radius 1 is 1.26 bits per heavy atom. The van der Waals surface area contributed by atoms with Crippen molar-refractivity contribution in [1.29, 1.82) is 0 Å². The fourth-order valence-electron chi connectivity index (χ4n) is 2.76. The standard InChI is InChI=1S/C17H26N2O3S/c1-3-4-5-10-18-17(20)15-9-8-14(2)16(13-15)19-11-6-7-12-23(19,21)22/h8-9,13H,3-7,10-12H2,1-2H3,(H,18,20). The van der Waals surface area contributed by atoms with E-state index in [0.29, 0.717) is 30.8 Å². The lowest BCUT2D eigenvalue weighted by atomic mass is 10.1. The topological polar surface area (TPSA) is 66.5 Å². The molecule has 128 valence electrons. The van der Waals surface area contributed by atoms with Crippen LogP contribution in [0.4, 0.5) is 5.69 Å². The molecule has 0 aliphatic carbocycles. The number of nitrogens with one attached hydrogen (secondary N) is 1. The van der Waals surface area contributed by atoms with E-state index in [1.165, 1.54) is 4.31 Å². The van der Waals surface area contributed by atoms with Crippen molar-refractivity contribution in [2.24, 2.45) is 0 Å². The highest BCUT2D eigenvalue weighted by Gasteiger charge is 2.27. The minimum atomic E-state index is -3.26. The third kappa shape index (κ3) is 4.47. The van der Waals surface area contributed by atoms with E-state index >= 15 is 0 Å². The number of aryl methyl sites for hydroxylation is 1. The van der Waals surface area contributed by atoms with E-state index in [2.05, 4.69) is 12.2 Å². The molecule has 0 spiro atoms. The van der Waals surface area contributed by atoms with Crippen LogP contribution in [0.1, 0.15) is 54.9 Å². The average Bonchev–Trinajstić information content (AvgIpc) is 2.52. The first-order chi connectivity index (χ1) is 11.0. The first kappa shape index (κ1) is 17.8. The summed E-state index contributed by atoms with van der Waals surface area (Å²) >= 11 is 0. The van der Waals surface area contributed by atoms with Crippen molar-refractivity contribution in [1.82, 2.24) is 5.32 Å². The second kappa shape index (κ2) is 7.81. The molecular formula is C17H26N2O3S. The Kier molecular flexibility index (Phi) is 6.04. The number of sulfonamides is 1. The van der Waals surface area contributed by atoms with E-state index in [1.807, 2.05) is 13.0 Å². The summed E-state index contributed by atoms with van der Waals surface area (Å²) in [7, 11) is -3.26. The van der Waals surface area contributed by atoms with Crippen LogP contribution in [0.5, 0.6) is 0 Å². The van der Waals surface area contributed by atoms with Gasteiger partial charge in [0.2, 0.25) is 10.0 Å². The lowest BCUT2D eigenvalue weighted by Gasteiger charge is -2.29. The van der Waals surface area contributed by atoms with Gasteiger partial charge in [-0.2, -0.15) is 0 Å². The van der Waals surface area contributed by atoms with Crippen LogP contribution in [0.3, 0.4) is 0 Å². The number of hydrogen-bond acceptors (Lipinski definition) is 3. The second-order valence-electron chi connectivity index (χ2n) is 6.06. The summed E-state index contributed by atoms with van der Waals surface area (Å²) in [6.45, 7) is 5.14. The van der Waals surface area contributed by atoms with Crippen LogP contribution in [0.15, 0.2) is 18.2 Å². The Labute approximate surface area is 139 Å². The lowest BCUT2D eigenvalue weighted by Crippen LogP contribution is -2.38. The molecule has 1 aromatic carbocycles. The van der Waals surface area contributed by atoms with Crippen molar-refractivity contribution in [3.8, 4) is 0 Å². The number of nitrogens with zero attached hydrogens (tertiary/aromatic N) is 1. The van der Waals surface area contributed by atoms with Gasteiger partial charge >= 0.3 is 0 Å². The van der Waals surface area contributed by atoms with E-state index in [0.717, 1.165) is 31.2 Å². The molecule has 5 nitrogen and oxygen atoms in total. The van der Waals surface area contributed by atoms with Gasteiger partial charge in [0.05, 0.1) is 11.4 Å². The van der Waals surface area contributed by atoms with Crippen LogP contribution in [0.2, 0.25) is 0 Å². The van der Waals surface area contributed by atoms with Crippen LogP contribution in [0.25, 0.3) is 0 Å². The largest absolute Gasteiger partial charge is 0.352 e. The molecule has 1 N–H and O–H groups in total. The molecule has 23 heavy (non-hydrogen) atoms. The predicted molar refractivity (Wildman–Crippen MR) is 93.4 cm³/mol. The van der Waals surface area contributed by atoms with Crippen molar-refractivity contribution < 1.29 is 13.2 Å². The smallest absolute Gasteiger partial charge is 0.251 e. The Bertz CT molecular complexity index is 656. The zero-order valence-corrected chi connectivity index (χ0v) is 14.8. The number of hydrogen-bond donors (Lipinski definition) is 1. The molecular weight excluding hydrogens is 312 g/mol. The molecule has 6 heteroatoms. The summed E-state index contributed by atoms with van der Waals surface area (Å²) in [5, 5.41) is 2.90. The minimum absolute atomic E-state index is 0.142. The molecule has 0 unspecified atom stereocenters. The highest BCUT2D eigenvalue weighted by molar-refractivity contribution is 7.92. The summed E-state index contributed by atoms with van der Waals surface area (Å²) in [5.41, 5.74) is 2.02. The average molecular weight is 338 g/mol. The summed E-state index contributed by atoms with van der Waals surface area (Å²) in [4.78, 5) is 12.2. The zero-order valence-electron chi connectivity index (χ0n) is 14.0. The maximum absolute atomic E-state index is 12.3. The quantitative estimate of drug-likeness (QED) is 0.811. The summed E-state index contributed by atoms with van der Waals surface area (Å²) in [5.74, 6) is 0.0385. The Morgan fingerprint density at radius 2 is 2.04 bits per heavy atom. The number of rotatable bonds is 6. The third-order valence-corrected chi connectivity index (χ3v) is 6.01. The second-order valence-corrected chi connectivity index (χ2v) is 8.07. The molecule has 0 radical (unpaired) electrons. The summed E-state index contributed by atoms with van der Waals surface area (Å²) in [6.07, 6.45) is 4.71. The number of carbonyl (C=O) groups excluding carboxylic acids is 1. The van der Waals surface area contributed by atoms with Gasteiger partial charge in [-0.15, -0.1) is 0 Å². The molecule has 0 aromatic heterocycles. The number of unbranched alkanes of at least 4 members (excludes halogenated alkanes) is 2. The zero-order chi connectivity index (χ0) is 16.9. The highest BCUT2D eigenvalue weighted by atomic mass is 32.2. The van der Waals surface area contributed by atoms with Gasteiger partial charge in [-0.1, -0.05) is 25.8 Å². The van der Waals surface area contributed by atoms with Gasteiger partial charge in [-0.3, -0.25) is 9.10 Å².